The van der Waals surface area contributed by atoms with E-state index in [2.05, 4.69) is 4.72 Å². The van der Waals surface area contributed by atoms with Crippen LogP contribution in [0.15, 0.2) is 42.5 Å². The van der Waals surface area contributed by atoms with Crippen LogP contribution in [0.5, 0.6) is 17.2 Å². The van der Waals surface area contributed by atoms with E-state index in [4.69, 9.17) is 9.47 Å². The van der Waals surface area contributed by atoms with Crippen LogP contribution in [0.4, 0.5) is 11.4 Å². The number of carbonyl (C=O) groups is 1. The molecule has 0 aromatic heterocycles. The Morgan fingerprint density at radius 1 is 0.971 bits per heavy atom. The lowest BCUT2D eigenvalue weighted by Crippen LogP contribution is -2.64. The highest BCUT2D eigenvalue weighted by atomic mass is 32.2. The number of aliphatic hydroxyl groups excluding tert-OH is 4. The number of benzene rings is 2. The molecule has 6 N–H and O–H groups in total. The van der Waals surface area contributed by atoms with Crippen molar-refractivity contribution in [1.29, 1.82) is 0 Å². The maximum atomic E-state index is 11.6. The van der Waals surface area contributed by atoms with Crippen molar-refractivity contribution in [2.75, 3.05) is 11.0 Å². The van der Waals surface area contributed by atoms with Gasteiger partial charge in [0.15, 0.2) is 5.75 Å². The average Bonchev–Trinajstić information content (AvgIpc) is 2.77. The van der Waals surface area contributed by atoms with Crippen LogP contribution < -0.4 is 14.2 Å². The molecule has 15 heteroatoms. The molecule has 6 atom stereocenters. The molecule has 2 unspecified atom stereocenters. The zero-order valence-corrected chi connectivity index (χ0v) is 18.8. The number of nitro benzene ring substituents is 1. The van der Waals surface area contributed by atoms with Gasteiger partial charge in [-0.25, -0.2) is 8.42 Å². The number of hydrogen-bond donors (Lipinski definition) is 6. The molecular formula is C20H22N2O12S. The van der Waals surface area contributed by atoms with Crippen molar-refractivity contribution in [3.05, 3.63) is 52.6 Å². The van der Waals surface area contributed by atoms with E-state index in [9.17, 15) is 48.9 Å². The van der Waals surface area contributed by atoms with Crippen molar-refractivity contribution in [2.24, 2.45) is 5.92 Å². The fourth-order valence-corrected chi connectivity index (χ4v) is 4.08. The number of nitrogens with one attached hydrogen (secondary N) is 1. The number of non-ortho nitro benzene ring substituents is 1. The summed E-state index contributed by atoms with van der Waals surface area (Å²) in [6.45, 7) is 0. The number of aliphatic hydroxyl groups is 4. The minimum Gasteiger partial charge on any atom is -0.487 e. The van der Waals surface area contributed by atoms with Gasteiger partial charge in [0.05, 0.1) is 29.0 Å². The van der Waals surface area contributed by atoms with Gasteiger partial charge in [0.1, 0.15) is 41.8 Å². The van der Waals surface area contributed by atoms with Crippen LogP contribution >= 0.6 is 0 Å². The summed E-state index contributed by atoms with van der Waals surface area (Å²) in [5, 5.41) is 60.4. The molecule has 2 aromatic carbocycles. The predicted octanol–water partition coefficient (Wildman–Crippen LogP) is -0.336. The third-order valence-corrected chi connectivity index (χ3v) is 5.78. The van der Waals surface area contributed by atoms with E-state index < -0.39 is 57.4 Å². The lowest BCUT2D eigenvalue weighted by molar-refractivity contribution is -0.384. The SMILES string of the molecule is CS(=O)(=O)Nc1ccc([N+](=O)[O-])cc1Oc1ccc(OC2C(O)[C@H](O)[C@@H](O)[C@H](O)[C@H]2C(=O)O)cc1. The van der Waals surface area contributed by atoms with E-state index in [1.165, 1.54) is 24.3 Å². The molecule has 1 aliphatic carbocycles. The van der Waals surface area contributed by atoms with Crippen LogP contribution in [-0.2, 0) is 14.8 Å². The standard InChI is InChI=1S/C20H22N2O12S/c1-35(31,32)21-12-7-2-9(22(29)30)8-13(12)33-10-3-5-11(6-4-10)34-19-14(20(27)28)15(23)16(24)17(25)18(19)26/h2-8,14-19,21,23-26H,1H3,(H,27,28)/t14-,15-,16+,17-,18?,19?/m1/s1. The van der Waals surface area contributed by atoms with E-state index in [0.717, 1.165) is 24.5 Å². The number of sulfonamides is 1. The molecule has 14 nitrogen and oxygen atoms in total. The molecule has 0 aliphatic heterocycles. The molecule has 0 radical (unpaired) electrons. The van der Waals surface area contributed by atoms with E-state index in [-0.39, 0.29) is 28.6 Å². The Morgan fingerprint density at radius 3 is 2.09 bits per heavy atom. The first-order valence-corrected chi connectivity index (χ1v) is 11.8. The second-order valence-electron chi connectivity index (χ2n) is 7.79. The van der Waals surface area contributed by atoms with Crippen LogP contribution in [0, 0.1) is 16.0 Å². The second-order valence-corrected chi connectivity index (χ2v) is 9.54. The number of aliphatic carboxylic acids is 1. The zero-order valence-electron chi connectivity index (χ0n) is 18.0. The van der Waals surface area contributed by atoms with Gasteiger partial charge in [-0.2, -0.15) is 0 Å². The Bertz CT molecular complexity index is 1200. The number of carboxylic acid groups (broad SMARTS) is 1. The molecule has 1 aliphatic rings. The first-order valence-electron chi connectivity index (χ1n) is 9.94. The van der Waals surface area contributed by atoms with E-state index in [1.54, 1.807) is 0 Å². The molecule has 0 bridgehead atoms. The molecule has 1 fully saturated rings. The van der Waals surface area contributed by atoms with Gasteiger partial charge in [-0.3, -0.25) is 19.6 Å². The molecule has 0 saturated heterocycles. The predicted molar refractivity (Wildman–Crippen MR) is 118 cm³/mol. The van der Waals surface area contributed by atoms with E-state index in [1.807, 2.05) is 0 Å². The molecule has 190 valence electrons. The molecule has 0 spiro atoms. The van der Waals surface area contributed by atoms with Crippen LogP contribution in [-0.4, -0.2) is 81.6 Å². The largest absolute Gasteiger partial charge is 0.487 e. The van der Waals surface area contributed by atoms with E-state index >= 15 is 0 Å². The Hall–Kier alpha value is -3.50. The van der Waals surface area contributed by atoms with Gasteiger partial charge in [0, 0.05) is 6.07 Å². The smallest absolute Gasteiger partial charge is 0.313 e. The van der Waals surface area contributed by atoms with Crippen molar-refractivity contribution in [3.8, 4) is 17.2 Å². The lowest BCUT2D eigenvalue weighted by atomic mass is 9.78. The van der Waals surface area contributed by atoms with Crippen LogP contribution in [0.2, 0.25) is 0 Å². The van der Waals surface area contributed by atoms with Crippen LogP contribution in [0.25, 0.3) is 0 Å². The molecular weight excluding hydrogens is 492 g/mol. The fraction of sp³-hybridized carbons (Fsp3) is 0.350. The number of anilines is 1. The quantitative estimate of drug-likeness (QED) is 0.196. The van der Waals surface area contributed by atoms with Gasteiger partial charge >= 0.3 is 5.97 Å². The minimum absolute atomic E-state index is 0.00281. The van der Waals surface area contributed by atoms with Crippen molar-refractivity contribution < 1.29 is 53.1 Å². The van der Waals surface area contributed by atoms with Gasteiger partial charge in [0.25, 0.3) is 5.69 Å². The van der Waals surface area contributed by atoms with Crippen molar-refractivity contribution in [3.63, 3.8) is 0 Å². The highest BCUT2D eigenvalue weighted by Crippen LogP contribution is 2.35. The topological polar surface area (TPSA) is 226 Å². The van der Waals surface area contributed by atoms with Crippen molar-refractivity contribution in [2.45, 2.75) is 30.5 Å². The number of nitro groups is 1. The number of ether oxygens (including phenoxy) is 2. The summed E-state index contributed by atoms with van der Waals surface area (Å²) in [4.78, 5) is 22.0. The van der Waals surface area contributed by atoms with Crippen molar-refractivity contribution >= 4 is 27.4 Å². The van der Waals surface area contributed by atoms with Gasteiger partial charge < -0.3 is 35.0 Å². The summed E-state index contributed by atoms with van der Waals surface area (Å²) in [5.74, 6) is -3.41. The molecule has 1 saturated carbocycles. The highest BCUT2D eigenvalue weighted by Gasteiger charge is 2.53. The minimum atomic E-state index is -3.73. The molecule has 3 rings (SSSR count). The second kappa shape index (κ2) is 10.0. The Morgan fingerprint density at radius 2 is 1.54 bits per heavy atom. The summed E-state index contributed by atoms with van der Waals surface area (Å²) >= 11 is 0. The molecule has 0 amide bonds. The maximum Gasteiger partial charge on any atom is 0.313 e. The number of rotatable bonds is 8. The van der Waals surface area contributed by atoms with Gasteiger partial charge in [-0.1, -0.05) is 0 Å². The summed E-state index contributed by atoms with van der Waals surface area (Å²) in [6, 6.07) is 8.45. The summed E-state index contributed by atoms with van der Waals surface area (Å²) in [5.41, 5.74) is -0.418. The average molecular weight is 514 g/mol. The number of hydrogen-bond acceptors (Lipinski definition) is 11. The number of carboxylic acids is 1. The van der Waals surface area contributed by atoms with E-state index in [0.29, 0.717) is 0 Å². The Kier molecular flexibility index (Phi) is 7.47. The first kappa shape index (κ1) is 26.1. The zero-order chi connectivity index (χ0) is 26.1. The van der Waals surface area contributed by atoms with Crippen LogP contribution in [0.1, 0.15) is 0 Å². The molecule has 0 heterocycles. The van der Waals surface area contributed by atoms with Gasteiger partial charge in [0.2, 0.25) is 10.0 Å². The molecule has 35 heavy (non-hydrogen) atoms. The Balaban J connectivity index is 1.84. The van der Waals surface area contributed by atoms with Crippen molar-refractivity contribution in [1.82, 2.24) is 0 Å². The summed E-state index contributed by atoms with van der Waals surface area (Å²) < 4.78 is 36.4. The summed E-state index contributed by atoms with van der Waals surface area (Å²) in [7, 11) is -3.73. The third-order valence-electron chi connectivity index (χ3n) is 5.19. The number of nitrogens with zero attached hydrogens (tertiary/aromatic N) is 1. The van der Waals surface area contributed by atoms with Gasteiger partial charge in [-0.15, -0.1) is 0 Å². The Labute approximate surface area is 198 Å². The summed E-state index contributed by atoms with van der Waals surface area (Å²) in [6.07, 6.45) is -8.22. The van der Waals surface area contributed by atoms with Gasteiger partial charge in [-0.05, 0) is 30.3 Å². The van der Waals surface area contributed by atoms with Crippen LogP contribution in [0.3, 0.4) is 0 Å². The molecule has 2 aromatic rings. The highest BCUT2D eigenvalue weighted by molar-refractivity contribution is 7.92. The monoisotopic (exact) mass is 514 g/mol. The lowest BCUT2D eigenvalue weighted by Gasteiger charge is -2.42. The first-order chi connectivity index (χ1) is 16.3. The normalized spacial score (nSPS) is 26.5. The third kappa shape index (κ3) is 5.95. The fourth-order valence-electron chi connectivity index (χ4n) is 3.51. The maximum absolute atomic E-state index is 11.6.